The Bertz CT molecular complexity index is 696. The van der Waals surface area contributed by atoms with Crippen molar-refractivity contribution in [2.75, 3.05) is 6.61 Å². The van der Waals surface area contributed by atoms with Crippen LogP contribution in [0.1, 0.15) is 24.4 Å². The van der Waals surface area contributed by atoms with E-state index in [9.17, 15) is 13.5 Å². The number of nitrogens with zero attached hydrogens (tertiary/aromatic N) is 2. The molecular weight excluding hydrogens is 290 g/mol. The van der Waals surface area contributed by atoms with E-state index in [2.05, 4.69) is 9.71 Å². The number of aliphatic hydroxyl groups is 1. The number of sulfonamides is 1. The molecule has 7 heteroatoms. The minimum atomic E-state index is -3.77. The van der Waals surface area contributed by atoms with Gasteiger partial charge >= 0.3 is 0 Å². The van der Waals surface area contributed by atoms with Crippen molar-refractivity contribution in [3.05, 3.63) is 47.9 Å². The van der Waals surface area contributed by atoms with Crippen LogP contribution in [0.2, 0.25) is 0 Å². The Balaban J connectivity index is 2.27. The number of rotatable bonds is 6. The number of benzene rings is 1. The van der Waals surface area contributed by atoms with Gasteiger partial charge in [-0.05, 0) is 19.4 Å². The summed E-state index contributed by atoms with van der Waals surface area (Å²) in [6.07, 6.45) is 1.50. The second-order valence-electron chi connectivity index (χ2n) is 4.68. The average molecular weight is 309 g/mol. The lowest BCUT2D eigenvalue weighted by molar-refractivity contribution is 0.259. The lowest BCUT2D eigenvalue weighted by atomic mass is 10.1. The number of aliphatic hydroxyl groups excluding tert-OH is 1. The summed E-state index contributed by atoms with van der Waals surface area (Å²) in [5.74, 6) is 0.637. The first-order valence-corrected chi connectivity index (χ1v) is 8.18. The van der Waals surface area contributed by atoms with Crippen LogP contribution in [0.25, 0.3) is 0 Å². The summed E-state index contributed by atoms with van der Waals surface area (Å²) in [5, 5.41) is 9.41. The highest BCUT2D eigenvalue weighted by molar-refractivity contribution is 7.89. The van der Waals surface area contributed by atoms with Crippen LogP contribution >= 0.6 is 0 Å². The quantitative estimate of drug-likeness (QED) is 0.840. The van der Waals surface area contributed by atoms with Gasteiger partial charge in [0.25, 0.3) is 10.0 Å². The third-order valence-corrected chi connectivity index (χ3v) is 4.59. The van der Waals surface area contributed by atoms with Crippen molar-refractivity contribution in [3.63, 3.8) is 0 Å². The molecule has 21 heavy (non-hydrogen) atoms. The van der Waals surface area contributed by atoms with Gasteiger partial charge in [-0.3, -0.25) is 0 Å². The van der Waals surface area contributed by atoms with Crippen LogP contribution in [-0.4, -0.2) is 29.7 Å². The Hall–Kier alpha value is -1.70. The minimum Gasteiger partial charge on any atom is -0.394 e. The maximum absolute atomic E-state index is 12.4. The molecule has 1 aromatic carbocycles. The van der Waals surface area contributed by atoms with Crippen molar-refractivity contribution in [2.24, 2.45) is 0 Å². The first-order valence-electron chi connectivity index (χ1n) is 6.70. The standard InChI is InChI=1S/C14H19N3O3S/c1-3-17-9-14(15-11(17)2)21(19,20)16-13(10-18)12-7-5-4-6-8-12/h4-9,13,16,18H,3,10H2,1-2H3. The van der Waals surface area contributed by atoms with Gasteiger partial charge in [0, 0.05) is 12.7 Å². The van der Waals surface area contributed by atoms with Gasteiger partial charge in [0.1, 0.15) is 5.82 Å². The van der Waals surface area contributed by atoms with Crippen molar-refractivity contribution >= 4 is 10.0 Å². The molecule has 2 N–H and O–H groups in total. The van der Waals surface area contributed by atoms with Gasteiger partial charge in [0.2, 0.25) is 0 Å². The van der Waals surface area contributed by atoms with Gasteiger partial charge in [-0.2, -0.15) is 4.72 Å². The molecule has 0 aliphatic rings. The number of hydrogen-bond donors (Lipinski definition) is 2. The van der Waals surface area contributed by atoms with Gasteiger partial charge in [-0.15, -0.1) is 0 Å². The molecule has 1 atom stereocenters. The van der Waals surface area contributed by atoms with E-state index in [1.165, 1.54) is 6.20 Å². The van der Waals surface area contributed by atoms with E-state index in [4.69, 9.17) is 0 Å². The van der Waals surface area contributed by atoms with Crippen molar-refractivity contribution in [2.45, 2.75) is 31.5 Å². The smallest absolute Gasteiger partial charge is 0.260 e. The highest BCUT2D eigenvalue weighted by Crippen LogP contribution is 2.16. The second-order valence-corrected chi connectivity index (χ2v) is 6.34. The number of aromatic nitrogens is 2. The predicted molar refractivity (Wildman–Crippen MR) is 79.2 cm³/mol. The van der Waals surface area contributed by atoms with Gasteiger partial charge in [-0.25, -0.2) is 13.4 Å². The van der Waals surface area contributed by atoms with Gasteiger partial charge in [-0.1, -0.05) is 30.3 Å². The monoisotopic (exact) mass is 309 g/mol. The average Bonchev–Trinajstić information content (AvgIpc) is 2.87. The summed E-state index contributed by atoms with van der Waals surface area (Å²) in [5.41, 5.74) is 0.704. The molecule has 0 saturated heterocycles. The van der Waals surface area contributed by atoms with Crippen molar-refractivity contribution < 1.29 is 13.5 Å². The molecule has 0 radical (unpaired) electrons. The van der Waals surface area contributed by atoms with E-state index in [0.29, 0.717) is 17.9 Å². The molecule has 6 nitrogen and oxygen atoms in total. The summed E-state index contributed by atoms with van der Waals surface area (Å²) in [7, 11) is -3.77. The summed E-state index contributed by atoms with van der Waals surface area (Å²) >= 11 is 0. The Morgan fingerprint density at radius 1 is 1.33 bits per heavy atom. The maximum Gasteiger partial charge on any atom is 0.260 e. The van der Waals surface area contributed by atoms with Gasteiger partial charge in [0.05, 0.1) is 12.6 Å². The van der Waals surface area contributed by atoms with Crippen LogP contribution in [0.4, 0.5) is 0 Å². The molecule has 0 aliphatic heterocycles. The summed E-state index contributed by atoms with van der Waals surface area (Å²) in [6, 6.07) is 8.25. The van der Waals surface area contributed by atoms with E-state index >= 15 is 0 Å². The molecule has 0 aliphatic carbocycles. The zero-order valence-corrected chi connectivity index (χ0v) is 12.8. The molecule has 0 saturated carbocycles. The molecule has 2 aromatic rings. The van der Waals surface area contributed by atoms with E-state index < -0.39 is 16.1 Å². The SMILES string of the molecule is CCn1cc(S(=O)(=O)NC(CO)c2ccccc2)nc1C. The molecule has 1 unspecified atom stereocenters. The molecule has 0 spiro atoms. The van der Waals surface area contributed by atoms with E-state index in [-0.39, 0.29) is 11.6 Å². The van der Waals surface area contributed by atoms with E-state index in [1.54, 1.807) is 35.8 Å². The fraction of sp³-hybridized carbons (Fsp3) is 0.357. The summed E-state index contributed by atoms with van der Waals surface area (Å²) < 4.78 is 29.0. The highest BCUT2D eigenvalue weighted by atomic mass is 32.2. The highest BCUT2D eigenvalue weighted by Gasteiger charge is 2.23. The molecule has 0 fully saturated rings. The van der Waals surface area contributed by atoms with Crippen LogP contribution < -0.4 is 4.72 Å². The molecule has 1 heterocycles. The Labute approximate surface area is 124 Å². The van der Waals surface area contributed by atoms with Crippen molar-refractivity contribution in [1.82, 2.24) is 14.3 Å². The van der Waals surface area contributed by atoms with Gasteiger partial charge in [0.15, 0.2) is 5.03 Å². The van der Waals surface area contributed by atoms with Crippen LogP contribution in [0.3, 0.4) is 0 Å². The van der Waals surface area contributed by atoms with Crippen LogP contribution in [0.15, 0.2) is 41.6 Å². The lowest BCUT2D eigenvalue weighted by Crippen LogP contribution is -2.31. The van der Waals surface area contributed by atoms with E-state index in [1.807, 2.05) is 13.0 Å². The third kappa shape index (κ3) is 3.49. The fourth-order valence-corrected chi connectivity index (χ4v) is 3.30. The second kappa shape index (κ2) is 6.38. The summed E-state index contributed by atoms with van der Waals surface area (Å²) in [6.45, 7) is 4.00. The normalized spacial score (nSPS) is 13.3. The zero-order valence-electron chi connectivity index (χ0n) is 12.0. The lowest BCUT2D eigenvalue weighted by Gasteiger charge is -2.15. The summed E-state index contributed by atoms with van der Waals surface area (Å²) in [4.78, 5) is 4.07. The van der Waals surface area contributed by atoms with Crippen LogP contribution in [-0.2, 0) is 16.6 Å². The Morgan fingerprint density at radius 3 is 2.52 bits per heavy atom. The number of nitrogens with one attached hydrogen (secondary N) is 1. The Morgan fingerprint density at radius 2 is 2.00 bits per heavy atom. The minimum absolute atomic E-state index is 0.0313. The number of imidazole rings is 1. The number of aryl methyl sites for hydroxylation is 2. The van der Waals surface area contributed by atoms with Gasteiger partial charge < -0.3 is 9.67 Å². The molecular formula is C14H19N3O3S. The topological polar surface area (TPSA) is 84.2 Å². The molecule has 114 valence electrons. The molecule has 2 rings (SSSR count). The van der Waals surface area contributed by atoms with Crippen LogP contribution in [0.5, 0.6) is 0 Å². The largest absolute Gasteiger partial charge is 0.394 e. The van der Waals surface area contributed by atoms with Crippen molar-refractivity contribution in [1.29, 1.82) is 0 Å². The predicted octanol–water partition coefficient (Wildman–Crippen LogP) is 1.22. The van der Waals surface area contributed by atoms with Crippen molar-refractivity contribution in [3.8, 4) is 0 Å². The Kier molecular flexibility index (Phi) is 4.76. The van der Waals surface area contributed by atoms with E-state index in [0.717, 1.165) is 0 Å². The molecule has 0 amide bonds. The third-order valence-electron chi connectivity index (χ3n) is 3.25. The molecule has 1 aromatic heterocycles. The first kappa shape index (κ1) is 15.7. The van der Waals surface area contributed by atoms with Crippen LogP contribution in [0, 0.1) is 6.92 Å². The number of hydrogen-bond acceptors (Lipinski definition) is 4. The zero-order chi connectivity index (χ0) is 15.5. The maximum atomic E-state index is 12.4. The first-order chi connectivity index (χ1) is 9.97. The fourth-order valence-electron chi connectivity index (χ4n) is 2.07. The molecule has 0 bridgehead atoms.